The number of fused-ring (bicyclic) bond motifs is 1. The summed E-state index contributed by atoms with van der Waals surface area (Å²) in [4.78, 5) is 26.8. The van der Waals surface area contributed by atoms with Gasteiger partial charge in [-0.05, 0) is 44.8 Å². The number of likely N-dealkylation sites (N-methyl/N-ethyl adjacent to an activating group) is 1. The molecule has 0 fully saturated rings. The first-order chi connectivity index (χ1) is 12.8. The second-order valence-electron chi connectivity index (χ2n) is 6.72. The minimum atomic E-state index is -0.428. The molecule has 0 radical (unpaired) electrons. The summed E-state index contributed by atoms with van der Waals surface area (Å²) in [5.74, 6) is -0.445. The van der Waals surface area contributed by atoms with Crippen molar-refractivity contribution >= 4 is 28.5 Å². The number of benzene rings is 2. The van der Waals surface area contributed by atoms with Crippen LogP contribution in [0, 0.1) is 6.92 Å². The normalized spacial score (nSPS) is 12.3. The van der Waals surface area contributed by atoms with Gasteiger partial charge in [0.25, 0.3) is 5.91 Å². The molecule has 2 aromatic carbocycles. The Balaban J connectivity index is 1.80. The molecule has 3 aromatic rings. The summed E-state index contributed by atoms with van der Waals surface area (Å²) in [6, 6.07) is 14.1. The number of nitrogens with zero attached hydrogens (tertiary/aromatic N) is 1. The van der Waals surface area contributed by atoms with E-state index in [2.05, 4.69) is 5.32 Å². The molecule has 1 amide bonds. The Bertz CT molecular complexity index is 1030. The smallest absolute Gasteiger partial charge is 0.287 e. The average molecular weight is 385 g/mol. The van der Waals surface area contributed by atoms with E-state index < -0.39 is 5.91 Å². The Morgan fingerprint density at radius 3 is 2.52 bits per heavy atom. The van der Waals surface area contributed by atoms with Crippen LogP contribution in [0.5, 0.6) is 0 Å². The monoisotopic (exact) mass is 384 g/mol. The number of hydrogen-bond donors (Lipinski definition) is 1. The first-order valence-corrected chi connectivity index (χ1v) is 8.97. The summed E-state index contributed by atoms with van der Waals surface area (Å²) in [7, 11) is 3.91. The summed E-state index contributed by atoms with van der Waals surface area (Å²) >= 11 is 5.91. The minimum Gasteiger partial charge on any atom is -0.451 e. The van der Waals surface area contributed by atoms with Gasteiger partial charge in [0.15, 0.2) is 11.2 Å². The van der Waals surface area contributed by atoms with Gasteiger partial charge in [-0.2, -0.15) is 0 Å². The van der Waals surface area contributed by atoms with Crippen LogP contribution in [-0.2, 0) is 0 Å². The van der Waals surface area contributed by atoms with Gasteiger partial charge in [-0.1, -0.05) is 41.4 Å². The van der Waals surface area contributed by atoms with Gasteiger partial charge in [-0.3, -0.25) is 9.59 Å². The fourth-order valence-corrected chi connectivity index (χ4v) is 3.08. The highest BCUT2D eigenvalue weighted by Crippen LogP contribution is 2.19. The van der Waals surface area contributed by atoms with Crippen molar-refractivity contribution in [2.24, 2.45) is 0 Å². The van der Waals surface area contributed by atoms with Gasteiger partial charge in [0.05, 0.1) is 11.4 Å². The summed E-state index contributed by atoms with van der Waals surface area (Å²) in [6.07, 6.45) is 0. The van der Waals surface area contributed by atoms with Crippen molar-refractivity contribution < 1.29 is 9.21 Å². The van der Waals surface area contributed by atoms with Gasteiger partial charge in [-0.15, -0.1) is 0 Å². The Morgan fingerprint density at radius 1 is 1.15 bits per heavy atom. The Labute approximate surface area is 162 Å². The molecule has 6 heteroatoms. The zero-order valence-corrected chi connectivity index (χ0v) is 16.2. The lowest BCUT2D eigenvalue weighted by Crippen LogP contribution is -2.34. The van der Waals surface area contributed by atoms with E-state index >= 15 is 0 Å². The van der Waals surface area contributed by atoms with Crippen LogP contribution in [0.4, 0.5) is 0 Å². The van der Waals surface area contributed by atoms with Crippen molar-refractivity contribution in [3.05, 3.63) is 80.7 Å². The molecular formula is C21H21ClN2O3. The second-order valence-corrected chi connectivity index (χ2v) is 7.15. The van der Waals surface area contributed by atoms with E-state index in [-0.39, 0.29) is 17.2 Å². The van der Waals surface area contributed by atoms with Gasteiger partial charge in [0, 0.05) is 17.6 Å². The van der Waals surface area contributed by atoms with Gasteiger partial charge in [-0.25, -0.2) is 0 Å². The maximum Gasteiger partial charge on any atom is 0.287 e. The molecule has 3 rings (SSSR count). The van der Waals surface area contributed by atoms with Crippen LogP contribution in [0.25, 0.3) is 11.0 Å². The molecule has 5 nitrogen and oxygen atoms in total. The van der Waals surface area contributed by atoms with E-state index in [4.69, 9.17) is 16.0 Å². The summed E-state index contributed by atoms with van der Waals surface area (Å²) in [6.45, 7) is 2.42. The average Bonchev–Trinajstić information content (AvgIpc) is 2.63. The first-order valence-electron chi connectivity index (χ1n) is 8.60. The predicted octanol–water partition coefficient (Wildman–Crippen LogP) is 3.79. The second kappa shape index (κ2) is 7.94. The lowest BCUT2D eigenvalue weighted by atomic mass is 10.0. The number of hydrogen-bond acceptors (Lipinski definition) is 4. The molecule has 0 saturated carbocycles. The standard InChI is InChI=1S/C21H21ClN2O3/c1-13-4-6-14(7-5-13)17(24(2)3)12-23-21(26)20-11-18(25)16-10-15(22)8-9-19(16)27-20/h4-11,17H,12H2,1-3H3,(H,23,26)/t17-/m0/s1. The van der Waals surface area contributed by atoms with E-state index in [1.54, 1.807) is 12.1 Å². The summed E-state index contributed by atoms with van der Waals surface area (Å²) < 4.78 is 5.59. The highest BCUT2D eigenvalue weighted by molar-refractivity contribution is 6.31. The van der Waals surface area contributed by atoms with E-state index in [0.717, 1.165) is 5.56 Å². The molecule has 0 aliphatic carbocycles. The maximum absolute atomic E-state index is 12.5. The topological polar surface area (TPSA) is 62.6 Å². The third-order valence-corrected chi connectivity index (χ3v) is 4.69. The molecule has 0 spiro atoms. The fourth-order valence-electron chi connectivity index (χ4n) is 2.90. The third kappa shape index (κ3) is 4.38. The maximum atomic E-state index is 12.5. The number of nitrogens with one attached hydrogen (secondary N) is 1. The predicted molar refractivity (Wildman–Crippen MR) is 107 cm³/mol. The van der Waals surface area contributed by atoms with E-state index in [1.807, 2.05) is 50.2 Å². The fraction of sp³-hybridized carbons (Fsp3) is 0.238. The van der Waals surface area contributed by atoms with Crippen LogP contribution in [0.2, 0.25) is 5.02 Å². The largest absolute Gasteiger partial charge is 0.451 e. The van der Waals surface area contributed by atoms with Gasteiger partial charge in [0.1, 0.15) is 5.58 Å². The zero-order chi connectivity index (χ0) is 19.6. The molecule has 1 heterocycles. The van der Waals surface area contributed by atoms with Crippen LogP contribution in [0.3, 0.4) is 0 Å². The molecule has 140 valence electrons. The lowest BCUT2D eigenvalue weighted by Gasteiger charge is -2.25. The highest BCUT2D eigenvalue weighted by Gasteiger charge is 2.18. The molecule has 0 bridgehead atoms. The van der Waals surface area contributed by atoms with Gasteiger partial charge in [0.2, 0.25) is 0 Å². The molecule has 0 aliphatic rings. The van der Waals surface area contributed by atoms with Crippen LogP contribution in [0.1, 0.15) is 27.7 Å². The van der Waals surface area contributed by atoms with E-state index in [9.17, 15) is 9.59 Å². The van der Waals surface area contributed by atoms with E-state index in [0.29, 0.717) is 22.5 Å². The van der Waals surface area contributed by atoms with Crippen molar-refractivity contribution in [3.8, 4) is 0 Å². The number of carbonyl (C=O) groups excluding carboxylic acids is 1. The number of halogens is 1. The molecule has 1 aromatic heterocycles. The lowest BCUT2D eigenvalue weighted by molar-refractivity contribution is 0.0914. The Morgan fingerprint density at radius 2 is 1.85 bits per heavy atom. The Hall–Kier alpha value is -2.63. The molecule has 1 atom stereocenters. The van der Waals surface area contributed by atoms with Gasteiger partial charge < -0.3 is 14.6 Å². The Kier molecular flexibility index (Phi) is 5.63. The van der Waals surface area contributed by atoms with E-state index in [1.165, 1.54) is 17.7 Å². The number of carbonyl (C=O) groups is 1. The zero-order valence-electron chi connectivity index (χ0n) is 15.5. The van der Waals surface area contributed by atoms with Crippen LogP contribution in [-0.4, -0.2) is 31.4 Å². The molecule has 1 N–H and O–H groups in total. The van der Waals surface area contributed by atoms with Crippen LogP contribution in [0.15, 0.2) is 57.7 Å². The summed E-state index contributed by atoms with van der Waals surface area (Å²) in [5, 5.41) is 3.65. The molecule has 0 unspecified atom stereocenters. The molecule has 0 aliphatic heterocycles. The highest BCUT2D eigenvalue weighted by atomic mass is 35.5. The molecule has 0 saturated heterocycles. The number of aryl methyl sites for hydroxylation is 1. The molecular weight excluding hydrogens is 364 g/mol. The van der Waals surface area contributed by atoms with Crippen molar-refractivity contribution in [1.82, 2.24) is 10.2 Å². The van der Waals surface area contributed by atoms with Crippen LogP contribution < -0.4 is 10.7 Å². The van der Waals surface area contributed by atoms with Gasteiger partial charge >= 0.3 is 0 Å². The quantitative estimate of drug-likeness (QED) is 0.727. The first kappa shape index (κ1) is 19.1. The summed E-state index contributed by atoms with van der Waals surface area (Å²) in [5.41, 5.74) is 2.31. The third-order valence-electron chi connectivity index (χ3n) is 4.45. The number of rotatable bonds is 5. The van der Waals surface area contributed by atoms with Crippen molar-refractivity contribution in [3.63, 3.8) is 0 Å². The number of amides is 1. The SMILES string of the molecule is Cc1ccc([C@H](CNC(=O)c2cc(=O)c3cc(Cl)ccc3o2)N(C)C)cc1. The van der Waals surface area contributed by atoms with Crippen molar-refractivity contribution in [2.75, 3.05) is 20.6 Å². The minimum absolute atomic E-state index is 0.000495. The van der Waals surface area contributed by atoms with Crippen molar-refractivity contribution in [2.45, 2.75) is 13.0 Å². The molecule has 27 heavy (non-hydrogen) atoms. The van der Waals surface area contributed by atoms with Crippen LogP contribution >= 0.6 is 11.6 Å². The van der Waals surface area contributed by atoms with Crippen molar-refractivity contribution in [1.29, 1.82) is 0 Å².